The predicted octanol–water partition coefficient (Wildman–Crippen LogP) is 0.235. The third-order valence-corrected chi connectivity index (χ3v) is 10.9. The molecule has 1 saturated heterocycles. The monoisotopic (exact) mass is 936 g/mol. The molecule has 1 aliphatic heterocycles. The number of amides is 6. The first-order valence-electron chi connectivity index (χ1n) is 21.2. The van der Waals surface area contributed by atoms with E-state index < -0.39 is 94.6 Å². The van der Waals surface area contributed by atoms with Crippen LogP contribution in [-0.2, 0) is 45.3 Å². The van der Waals surface area contributed by atoms with Gasteiger partial charge in [0.25, 0.3) is 16.0 Å². The minimum absolute atomic E-state index is 0.113. The fourth-order valence-corrected chi connectivity index (χ4v) is 7.17. The summed E-state index contributed by atoms with van der Waals surface area (Å²) in [4.78, 5) is 95.2. The van der Waals surface area contributed by atoms with Crippen LogP contribution in [0.3, 0.4) is 0 Å². The number of unbranched alkanes of at least 4 members (excludes halogenated alkanes) is 2. The Balaban J connectivity index is 1.35. The van der Waals surface area contributed by atoms with Crippen molar-refractivity contribution in [2.75, 3.05) is 31.7 Å². The van der Waals surface area contributed by atoms with Gasteiger partial charge in [0.15, 0.2) is 0 Å². The number of hydrogen-bond donors (Lipinski definition) is 10. The number of carboxylic acid groups (broad SMARTS) is 1. The van der Waals surface area contributed by atoms with Gasteiger partial charge in [0.1, 0.15) is 40.6 Å². The normalized spacial score (nSPS) is 18.8. The summed E-state index contributed by atoms with van der Waals surface area (Å²) in [6.45, 7) is 3.69. The lowest BCUT2D eigenvalue weighted by atomic mass is 9.99. The van der Waals surface area contributed by atoms with Gasteiger partial charge in [-0.25, -0.2) is 4.98 Å². The summed E-state index contributed by atoms with van der Waals surface area (Å²) in [6.07, 6.45) is 4.14. The lowest BCUT2D eigenvalue weighted by molar-refractivity contribution is -0.141. The lowest BCUT2D eigenvalue weighted by Crippen LogP contribution is -2.59. The molecule has 66 heavy (non-hydrogen) atoms. The van der Waals surface area contributed by atoms with E-state index in [9.17, 15) is 51.6 Å². The standard InChI is InChI=1S/C43H56N10O12S/c1-26(2)38-43(61)50-31(10-4-3-7-18-44)40(58)47-25-36(54)49-33(22-37(55)56)41(59)51-32(42(60)52-38)21-27-12-15-30(16-13-27)65-20-8-19-45-39(57)29-14-17-35(46-23-29)53-48-24-28-9-5-6-11-34(28)66(62,63)64/h5-6,9,11-17,23-24,26,31-33,38H,3-4,7-8,10,18-22,25,44H2,1-2H3,(H,45,57)(H,46,53)(H,47,58)(H,49,54)(H,50,61)(H,51,59)(H,52,60)(H,55,56)(H,62,63,64)/b48-24+/t31-,32+,33-,38-/m0/s1. The quantitative estimate of drug-likeness (QED) is 0.0314. The van der Waals surface area contributed by atoms with Gasteiger partial charge >= 0.3 is 5.97 Å². The van der Waals surface area contributed by atoms with Crippen molar-refractivity contribution in [3.05, 3.63) is 83.6 Å². The number of anilines is 1. The largest absolute Gasteiger partial charge is 0.494 e. The van der Waals surface area contributed by atoms with Crippen LogP contribution in [0.1, 0.15) is 73.9 Å². The summed E-state index contributed by atoms with van der Waals surface area (Å²) in [5.74, 6) is -5.47. The number of carbonyl (C=O) groups excluding carboxylic acids is 6. The molecule has 1 aliphatic rings. The van der Waals surface area contributed by atoms with Crippen molar-refractivity contribution < 1.29 is 56.4 Å². The molecule has 0 bridgehead atoms. The van der Waals surface area contributed by atoms with Crippen LogP contribution >= 0.6 is 0 Å². The summed E-state index contributed by atoms with van der Waals surface area (Å²) in [5.41, 5.74) is 9.19. The molecule has 356 valence electrons. The van der Waals surface area contributed by atoms with E-state index >= 15 is 0 Å². The SMILES string of the molecule is CC(C)[C@@H]1NC(=O)[C@@H](Cc2ccc(OCCCNC(=O)c3ccc(N/N=C/c4ccccc4S(=O)(=O)O)nc3)cc2)NC(=O)[C@H](CC(=O)O)NC(=O)CNC(=O)[C@H](CCCCCN)NC1=O. The Kier molecular flexibility index (Phi) is 20.0. The molecule has 0 saturated carbocycles. The van der Waals surface area contributed by atoms with Crippen molar-refractivity contribution in [2.24, 2.45) is 16.8 Å². The van der Waals surface area contributed by atoms with E-state index in [0.717, 1.165) is 0 Å². The molecule has 4 rings (SSSR count). The van der Waals surface area contributed by atoms with Crippen LogP contribution in [-0.4, -0.2) is 121 Å². The number of rotatable bonds is 20. The maximum absolute atomic E-state index is 13.9. The molecule has 0 aliphatic carbocycles. The molecule has 0 spiro atoms. The molecule has 11 N–H and O–H groups in total. The van der Waals surface area contributed by atoms with E-state index in [1.54, 1.807) is 44.2 Å². The van der Waals surface area contributed by atoms with Crippen LogP contribution in [0.4, 0.5) is 5.82 Å². The van der Waals surface area contributed by atoms with Crippen molar-refractivity contribution in [1.29, 1.82) is 0 Å². The van der Waals surface area contributed by atoms with Gasteiger partial charge in [-0.3, -0.25) is 43.5 Å². The molecule has 4 atom stereocenters. The number of nitrogens with two attached hydrogens (primary N) is 1. The second-order valence-corrected chi connectivity index (χ2v) is 16.9. The third kappa shape index (κ3) is 16.9. The van der Waals surface area contributed by atoms with E-state index in [2.05, 4.69) is 47.4 Å². The number of nitrogens with one attached hydrogen (secondary N) is 7. The molecule has 6 amide bonds. The zero-order chi connectivity index (χ0) is 48.2. The molecule has 0 radical (unpaired) electrons. The van der Waals surface area contributed by atoms with Crippen LogP contribution in [0.25, 0.3) is 0 Å². The van der Waals surface area contributed by atoms with Crippen molar-refractivity contribution >= 4 is 63.6 Å². The Morgan fingerprint density at radius 3 is 2.26 bits per heavy atom. The summed E-state index contributed by atoms with van der Waals surface area (Å²) < 4.78 is 38.3. The van der Waals surface area contributed by atoms with Gasteiger partial charge in [-0.05, 0) is 67.6 Å². The molecule has 2 heterocycles. The number of carboxylic acids is 1. The van der Waals surface area contributed by atoms with E-state index in [-0.39, 0.29) is 47.8 Å². The Hall–Kier alpha value is -6.98. The highest BCUT2D eigenvalue weighted by Crippen LogP contribution is 2.16. The van der Waals surface area contributed by atoms with Crippen molar-refractivity contribution in [1.82, 2.24) is 36.9 Å². The fraction of sp³-hybridized carbons (Fsp3) is 0.419. The molecule has 22 nitrogen and oxygen atoms in total. The maximum Gasteiger partial charge on any atom is 0.305 e. The van der Waals surface area contributed by atoms with E-state index in [1.165, 1.54) is 42.7 Å². The number of hydrogen-bond acceptors (Lipinski definition) is 14. The van der Waals surface area contributed by atoms with Crippen molar-refractivity contribution in [2.45, 2.75) is 87.9 Å². The second-order valence-electron chi connectivity index (χ2n) is 15.5. The minimum atomic E-state index is -4.45. The average molecular weight is 937 g/mol. The zero-order valence-corrected chi connectivity index (χ0v) is 37.3. The number of ether oxygens (including phenoxy) is 1. The highest BCUT2D eigenvalue weighted by molar-refractivity contribution is 7.86. The first kappa shape index (κ1) is 51.7. The maximum atomic E-state index is 13.9. The highest BCUT2D eigenvalue weighted by Gasteiger charge is 2.34. The number of carbonyl (C=O) groups is 7. The Bertz CT molecular complexity index is 2310. The second kappa shape index (κ2) is 25.5. The number of aromatic nitrogens is 1. The number of benzene rings is 2. The van der Waals surface area contributed by atoms with Gasteiger partial charge in [-0.15, -0.1) is 0 Å². The number of pyridine rings is 1. The molecule has 23 heteroatoms. The minimum Gasteiger partial charge on any atom is -0.494 e. The van der Waals surface area contributed by atoms with Gasteiger partial charge in [-0.1, -0.05) is 57.0 Å². The van der Waals surface area contributed by atoms with E-state index in [4.69, 9.17) is 10.5 Å². The first-order valence-corrected chi connectivity index (χ1v) is 22.6. The molecule has 0 unspecified atom stereocenters. The topological polar surface area (TPSA) is 339 Å². The predicted molar refractivity (Wildman–Crippen MR) is 240 cm³/mol. The van der Waals surface area contributed by atoms with Gasteiger partial charge in [0, 0.05) is 24.7 Å². The van der Waals surface area contributed by atoms with Crippen LogP contribution in [0.2, 0.25) is 0 Å². The van der Waals surface area contributed by atoms with Crippen LogP contribution < -0.4 is 47.8 Å². The highest BCUT2D eigenvalue weighted by atomic mass is 32.2. The lowest BCUT2D eigenvalue weighted by Gasteiger charge is -2.27. The van der Waals surface area contributed by atoms with Gasteiger partial charge in [0.2, 0.25) is 29.5 Å². The van der Waals surface area contributed by atoms with Crippen LogP contribution in [0.5, 0.6) is 5.75 Å². The molecule has 1 aromatic heterocycles. The van der Waals surface area contributed by atoms with Crippen LogP contribution in [0.15, 0.2) is 76.9 Å². The van der Waals surface area contributed by atoms with Crippen molar-refractivity contribution in [3.8, 4) is 5.75 Å². The molecule has 3 aromatic rings. The van der Waals surface area contributed by atoms with Gasteiger partial charge in [-0.2, -0.15) is 13.5 Å². The van der Waals surface area contributed by atoms with Gasteiger partial charge < -0.3 is 47.5 Å². The summed E-state index contributed by atoms with van der Waals surface area (Å²) >= 11 is 0. The molecule has 1 fully saturated rings. The summed E-state index contributed by atoms with van der Waals surface area (Å²) in [5, 5.41) is 28.9. The van der Waals surface area contributed by atoms with Crippen molar-refractivity contribution in [3.63, 3.8) is 0 Å². The Morgan fingerprint density at radius 1 is 0.879 bits per heavy atom. The average Bonchev–Trinajstić information content (AvgIpc) is 3.27. The number of nitrogens with zero attached hydrogens (tertiary/aromatic N) is 2. The fourth-order valence-electron chi connectivity index (χ4n) is 6.50. The smallest absolute Gasteiger partial charge is 0.305 e. The van der Waals surface area contributed by atoms with E-state index in [0.29, 0.717) is 43.5 Å². The number of hydrazone groups is 1. The summed E-state index contributed by atoms with van der Waals surface area (Å²) in [7, 11) is -4.45. The Morgan fingerprint density at radius 2 is 1.59 bits per heavy atom. The molecular weight excluding hydrogens is 881 g/mol. The zero-order valence-electron chi connectivity index (χ0n) is 36.5. The van der Waals surface area contributed by atoms with Crippen LogP contribution in [0, 0.1) is 5.92 Å². The molecule has 2 aromatic carbocycles. The van der Waals surface area contributed by atoms with Gasteiger partial charge in [0.05, 0.1) is 31.4 Å². The molecular formula is C43H56N10O12S. The Labute approximate surface area is 381 Å². The summed E-state index contributed by atoms with van der Waals surface area (Å²) in [6, 6.07) is 10.2. The number of aliphatic carboxylic acids is 1. The van der Waals surface area contributed by atoms with E-state index in [1.807, 2.05) is 0 Å². The third-order valence-electron chi connectivity index (χ3n) is 10.0. The first-order chi connectivity index (χ1) is 31.4.